The fourth-order valence-electron chi connectivity index (χ4n) is 6.03. The molecule has 1 heterocycles. The van der Waals surface area contributed by atoms with Gasteiger partial charge in [-0.2, -0.15) is 0 Å². The van der Waals surface area contributed by atoms with Crippen LogP contribution in [0.2, 0.25) is 0 Å². The van der Waals surface area contributed by atoms with Crippen LogP contribution in [-0.2, 0) is 14.7 Å². The first-order valence-electron chi connectivity index (χ1n) is 14.1. The second kappa shape index (κ2) is 11.1. The first-order chi connectivity index (χ1) is 17.2. The topological polar surface area (TPSA) is 42.3 Å². The minimum absolute atomic E-state index is 0.144. The number of pyridine rings is 1. The van der Waals surface area contributed by atoms with E-state index in [9.17, 15) is 4.21 Å². The summed E-state index contributed by atoms with van der Waals surface area (Å²) in [7, 11) is -2.77. The third kappa shape index (κ3) is 5.62. The first kappa shape index (κ1) is 29.7. The molecule has 1 aliphatic carbocycles. The zero-order chi connectivity index (χ0) is 27.8. The molecule has 0 amide bonds. The van der Waals surface area contributed by atoms with E-state index in [1.807, 2.05) is 39.2 Å². The number of benzene rings is 1. The lowest BCUT2D eigenvalue weighted by molar-refractivity contribution is 0.215. The fourth-order valence-corrected chi connectivity index (χ4v) is 9.33. The molecule has 2 aromatic rings. The molecule has 1 aliphatic rings. The predicted octanol–water partition coefficient (Wildman–Crippen LogP) is 8.82. The number of nitrogens with zero attached hydrogens (tertiary/aromatic N) is 2. The SMILES string of the molecule is CCC/C(=N\c1ccc(-c2cnc(C3([SH](C)(=O)C(C)(C)C)CCC3C)c(F)c2)cc1C)C(C)CC(C)C. The first-order valence-corrected chi connectivity index (χ1v) is 16.2. The molecule has 1 fully saturated rings. The van der Waals surface area contributed by atoms with E-state index in [4.69, 9.17) is 4.99 Å². The van der Waals surface area contributed by atoms with Crippen LogP contribution in [0.15, 0.2) is 35.5 Å². The summed E-state index contributed by atoms with van der Waals surface area (Å²) < 4.78 is 28.8. The van der Waals surface area contributed by atoms with Crippen LogP contribution in [0.3, 0.4) is 0 Å². The average molecular weight is 529 g/mol. The van der Waals surface area contributed by atoms with Crippen LogP contribution < -0.4 is 0 Å². The van der Waals surface area contributed by atoms with Gasteiger partial charge in [-0.3, -0.25) is 14.2 Å². The van der Waals surface area contributed by atoms with Gasteiger partial charge in [-0.05, 0) is 85.9 Å². The lowest BCUT2D eigenvalue weighted by Gasteiger charge is -2.58. The van der Waals surface area contributed by atoms with E-state index in [0.717, 1.165) is 54.5 Å². The van der Waals surface area contributed by atoms with Crippen molar-refractivity contribution < 1.29 is 8.60 Å². The summed E-state index contributed by atoms with van der Waals surface area (Å²) in [5.74, 6) is 0.889. The second-order valence-electron chi connectivity index (χ2n) is 12.9. The summed E-state index contributed by atoms with van der Waals surface area (Å²) in [5, 5.41) is 0. The van der Waals surface area contributed by atoms with Gasteiger partial charge in [0.1, 0.15) is 5.82 Å². The molecule has 3 atom stereocenters. The van der Waals surface area contributed by atoms with Gasteiger partial charge in [0.05, 0.1) is 16.1 Å². The zero-order valence-corrected chi connectivity index (χ0v) is 25.7. The molecule has 0 aliphatic heterocycles. The van der Waals surface area contributed by atoms with Crippen LogP contribution in [0.25, 0.3) is 11.1 Å². The Kier molecular flexibility index (Phi) is 8.89. The van der Waals surface area contributed by atoms with Gasteiger partial charge in [0.25, 0.3) is 0 Å². The summed E-state index contributed by atoms with van der Waals surface area (Å²) in [6.45, 7) is 19.2. The molecular formula is C32H49FN2OS. The molecule has 0 spiro atoms. The summed E-state index contributed by atoms with van der Waals surface area (Å²) in [4.78, 5) is 9.75. The van der Waals surface area contributed by atoms with Crippen LogP contribution in [0.1, 0.15) is 98.8 Å². The summed E-state index contributed by atoms with van der Waals surface area (Å²) in [5.41, 5.74) is 5.36. The van der Waals surface area contributed by atoms with E-state index < -0.39 is 19.4 Å². The summed E-state index contributed by atoms with van der Waals surface area (Å²) >= 11 is 0. The van der Waals surface area contributed by atoms with Crippen molar-refractivity contribution in [3.63, 3.8) is 0 Å². The molecule has 5 heteroatoms. The van der Waals surface area contributed by atoms with Gasteiger partial charge in [-0.1, -0.05) is 77.8 Å². The molecule has 0 saturated heterocycles. The lowest BCUT2D eigenvalue weighted by atomic mass is 9.71. The highest BCUT2D eigenvalue weighted by atomic mass is 32.2. The largest absolute Gasteiger partial charge is 0.284 e. The Balaban J connectivity index is 1.97. The standard InChI is InChI=1S/C32H49FN2OS/c1-11-12-28(22(4)17-21(2)3)35-29-14-13-25(18-23(29)5)26-19-27(33)30(34-20-26)32(16-15-24(32)6)37(10,36)31(7,8)9/h13-14,18-22,24,37H,11-12,15-17H2,1-10H3/b35-28+. The van der Waals surface area contributed by atoms with E-state index in [0.29, 0.717) is 17.5 Å². The maximum absolute atomic E-state index is 15.8. The maximum Gasteiger partial charge on any atom is 0.146 e. The highest BCUT2D eigenvalue weighted by Gasteiger charge is 2.58. The molecule has 0 radical (unpaired) electrons. The zero-order valence-electron chi connectivity index (χ0n) is 24.8. The number of rotatable bonds is 9. The van der Waals surface area contributed by atoms with Crippen molar-refractivity contribution >= 4 is 21.3 Å². The molecule has 3 unspecified atom stereocenters. The number of aryl methyl sites for hydroxylation is 1. The van der Waals surface area contributed by atoms with E-state index in [1.54, 1.807) is 12.3 Å². The molecule has 3 nitrogen and oxygen atoms in total. The molecule has 1 saturated carbocycles. The Morgan fingerprint density at radius 2 is 1.89 bits per heavy atom. The fraction of sp³-hybridized carbons (Fsp3) is 0.625. The number of thiol groups is 1. The van der Waals surface area contributed by atoms with Crippen molar-refractivity contribution in [2.45, 2.75) is 104 Å². The number of hydrogen-bond donors (Lipinski definition) is 1. The van der Waals surface area contributed by atoms with Crippen molar-refractivity contribution in [1.29, 1.82) is 0 Å². The van der Waals surface area contributed by atoms with Gasteiger partial charge < -0.3 is 0 Å². The van der Waals surface area contributed by atoms with Crippen molar-refractivity contribution in [2.75, 3.05) is 6.26 Å². The molecule has 0 bridgehead atoms. The monoisotopic (exact) mass is 528 g/mol. The van der Waals surface area contributed by atoms with Crippen LogP contribution in [0.4, 0.5) is 10.1 Å². The van der Waals surface area contributed by atoms with Crippen LogP contribution in [0, 0.1) is 30.5 Å². The molecule has 0 N–H and O–H groups in total. The van der Waals surface area contributed by atoms with Gasteiger partial charge >= 0.3 is 0 Å². The molecular weight excluding hydrogens is 479 g/mol. The van der Waals surface area contributed by atoms with Gasteiger partial charge in [-0.25, -0.2) is 4.39 Å². The van der Waals surface area contributed by atoms with Crippen molar-refractivity contribution in [2.24, 2.45) is 22.7 Å². The smallest absolute Gasteiger partial charge is 0.146 e. The summed E-state index contributed by atoms with van der Waals surface area (Å²) in [6.07, 6.45) is 8.51. The minimum Gasteiger partial charge on any atom is -0.284 e. The number of aromatic nitrogens is 1. The Morgan fingerprint density at radius 3 is 2.35 bits per heavy atom. The van der Waals surface area contributed by atoms with Gasteiger partial charge in [0, 0.05) is 22.2 Å². The Hall–Kier alpha value is -1.88. The van der Waals surface area contributed by atoms with Crippen molar-refractivity contribution in [3.8, 4) is 11.1 Å². The average Bonchev–Trinajstić information content (AvgIpc) is 2.78. The number of aliphatic imine (C=N–C) groups is 1. The number of hydrogen-bond acceptors (Lipinski definition) is 3. The van der Waals surface area contributed by atoms with E-state index in [-0.39, 0.29) is 11.7 Å². The minimum atomic E-state index is -2.77. The third-order valence-corrected chi connectivity index (χ3v) is 13.7. The van der Waals surface area contributed by atoms with Crippen LogP contribution in [-0.4, -0.2) is 25.9 Å². The summed E-state index contributed by atoms with van der Waals surface area (Å²) in [6, 6.07) is 7.72. The van der Waals surface area contributed by atoms with Crippen LogP contribution >= 0.6 is 0 Å². The second-order valence-corrected chi connectivity index (χ2v) is 16.9. The highest BCUT2D eigenvalue weighted by Crippen LogP contribution is 2.58. The lowest BCUT2D eigenvalue weighted by Crippen LogP contribution is -2.59. The van der Waals surface area contributed by atoms with Gasteiger partial charge in [-0.15, -0.1) is 0 Å². The van der Waals surface area contributed by atoms with Crippen molar-refractivity contribution in [1.82, 2.24) is 4.98 Å². The quantitative estimate of drug-likeness (QED) is 0.261. The molecule has 206 valence electrons. The molecule has 3 rings (SSSR count). The Bertz CT molecular complexity index is 1200. The van der Waals surface area contributed by atoms with E-state index in [2.05, 4.69) is 52.6 Å². The highest BCUT2D eigenvalue weighted by molar-refractivity contribution is 8.04. The maximum atomic E-state index is 15.8. The van der Waals surface area contributed by atoms with Crippen LogP contribution in [0.5, 0.6) is 0 Å². The van der Waals surface area contributed by atoms with Gasteiger partial charge in [0.2, 0.25) is 0 Å². The Morgan fingerprint density at radius 1 is 1.22 bits per heavy atom. The normalized spacial score (nSPS) is 22.2. The molecule has 1 aromatic carbocycles. The van der Waals surface area contributed by atoms with E-state index in [1.165, 1.54) is 5.71 Å². The molecule has 1 aromatic heterocycles. The molecule has 37 heavy (non-hydrogen) atoms. The van der Waals surface area contributed by atoms with Crippen molar-refractivity contribution in [3.05, 3.63) is 47.5 Å². The van der Waals surface area contributed by atoms with E-state index >= 15 is 4.39 Å². The third-order valence-electron chi connectivity index (χ3n) is 8.76. The Labute approximate surface area is 226 Å². The van der Waals surface area contributed by atoms with Gasteiger partial charge in [0.15, 0.2) is 0 Å². The predicted molar refractivity (Wildman–Crippen MR) is 160 cm³/mol. The number of halogens is 1.